The van der Waals surface area contributed by atoms with E-state index in [1.54, 1.807) is 0 Å². The van der Waals surface area contributed by atoms with Crippen molar-refractivity contribution in [3.63, 3.8) is 0 Å². The highest BCUT2D eigenvalue weighted by Crippen LogP contribution is 2.27. The van der Waals surface area contributed by atoms with Crippen LogP contribution in [0.1, 0.15) is 37.1 Å². The van der Waals surface area contributed by atoms with Crippen molar-refractivity contribution in [3.05, 3.63) is 47.5 Å². The monoisotopic (exact) mass is 327 g/mol. The first-order valence-corrected chi connectivity index (χ1v) is 8.62. The molecule has 6 nitrogen and oxygen atoms in total. The molecule has 2 heterocycles. The zero-order chi connectivity index (χ0) is 17.1. The molecule has 0 N–H and O–H groups in total. The van der Waals surface area contributed by atoms with Crippen LogP contribution in [-0.2, 0) is 17.9 Å². The van der Waals surface area contributed by atoms with Gasteiger partial charge in [-0.1, -0.05) is 30.3 Å². The van der Waals surface area contributed by atoms with Crippen molar-refractivity contribution in [2.75, 3.05) is 19.6 Å². The summed E-state index contributed by atoms with van der Waals surface area (Å²) >= 11 is 0. The second-order valence-corrected chi connectivity index (χ2v) is 6.11. The molecule has 0 saturated heterocycles. The van der Waals surface area contributed by atoms with Crippen LogP contribution in [0.2, 0.25) is 0 Å². The summed E-state index contributed by atoms with van der Waals surface area (Å²) in [4.78, 5) is 17.3. The van der Waals surface area contributed by atoms with Crippen molar-refractivity contribution in [1.29, 1.82) is 0 Å². The van der Waals surface area contributed by atoms with Crippen LogP contribution < -0.4 is 0 Å². The van der Waals surface area contributed by atoms with Crippen molar-refractivity contribution in [2.24, 2.45) is 0 Å². The Morgan fingerprint density at radius 3 is 2.54 bits per heavy atom. The summed E-state index contributed by atoms with van der Waals surface area (Å²) in [6.45, 7) is 9.76. The van der Waals surface area contributed by atoms with E-state index >= 15 is 0 Å². The van der Waals surface area contributed by atoms with E-state index in [0.29, 0.717) is 6.54 Å². The fourth-order valence-corrected chi connectivity index (χ4v) is 3.40. The van der Waals surface area contributed by atoms with Gasteiger partial charge in [0.15, 0.2) is 0 Å². The Kier molecular flexibility index (Phi) is 4.94. The van der Waals surface area contributed by atoms with E-state index in [1.807, 2.05) is 56.0 Å². The molecule has 0 fully saturated rings. The Bertz CT molecular complexity index is 693. The Balaban J connectivity index is 1.92. The van der Waals surface area contributed by atoms with Crippen LogP contribution in [0.3, 0.4) is 0 Å². The normalized spacial score (nSPS) is 15.8. The molecule has 3 rings (SSSR count). The van der Waals surface area contributed by atoms with Gasteiger partial charge in [-0.05, 0) is 26.3 Å². The SMILES string of the molecule is CCN(CC)C(=O)[C@@H](c1ccccc1)N1CCn2c(C)nnc2C1. The zero-order valence-corrected chi connectivity index (χ0v) is 14.6. The van der Waals surface area contributed by atoms with Gasteiger partial charge in [-0.25, -0.2) is 0 Å². The minimum atomic E-state index is -0.267. The Labute approximate surface area is 143 Å². The van der Waals surface area contributed by atoms with E-state index in [4.69, 9.17) is 0 Å². The van der Waals surface area contributed by atoms with Crippen LogP contribution >= 0.6 is 0 Å². The van der Waals surface area contributed by atoms with Gasteiger partial charge in [0.05, 0.1) is 6.54 Å². The highest BCUT2D eigenvalue weighted by molar-refractivity contribution is 5.83. The molecule has 0 aliphatic carbocycles. The number of rotatable bonds is 5. The van der Waals surface area contributed by atoms with Gasteiger partial charge >= 0.3 is 0 Å². The van der Waals surface area contributed by atoms with Crippen molar-refractivity contribution in [2.45, 2.75) is 39.9 Å². The summed E-state index contributed by atoms with van der Waals surface area (Å²) in [5.74, 6) is 2.04. The largest absolute Gasteiger partial charge is 0.342 e. The van der Waals surface area contributed by atoms with Crippen LogP contribution in [-0.4, -0.2) is 50.1 Å². The molecule has 1 aromatic heterocycles. The van der Waals surface area contributed by atoms with E-state index in [9.17, 15) is 4.79 Å². The maximum absolute atomic E-state index is 13.2. The molecule has 1 amide bonds. The highest BCUT2D eigenvalue weighted by atomic mass is 16.2. The van der Waals surface area contributed by atoms with E-state index in [2.05, 4.69) is 19.7 Å². The van der Waals surface area contributed by atoms with E-state index < -0.39 is 0 Å². The fourth-order valence-electron chi connectivity index (χ4n) is 3.40. The molecule has 6 heteroatoms. The summed E-state index contributed by atoms with van der Waals surface area (Å²) < 4.78 is 2.14. The van der Waals surface area contributed by atoms with Crippen molar-refractivity contribution in [3.8, 4) is 0 Å². The Morgan fingerprint density at radius 2 is 1.88 bits per heavy atom. The van der Waals surface area contributed by atoms with Crippen LogP contribution in [0.25, 0.3) is 0 Å². The van der Waals surface area contributed by atoms with Gasteiger partial charge in [-0.15, -0.1) is 10.2 Å². The Hall–Kier alpha value is -2.21. The summed E-state index contributed by atoms with van der Waals surface area (Å²) in [7, 11) is 0. The molecular formula is C18H25N5O. The first kappa shape index (κ1) is 16.6. The summed E-state index contributed by atoms with van der Waals surface area (Å²) in [5, 5.41) is 8.44. The predicted molar refractivity (Wildman–Crippen MR) is 92.3 cm³/mol. The predicted octanol–water partition coefficient (Wildman–Crippen LogP) is 2.01. The summed E-state index contributed by atoms with van der Waals surface area (Å²) in [6, 6.07) is 9.78. The maximum atomic E-state index is 13.2. The average Bonchev–Trinajstić information content (AvgIpc) is 2.98. The molecule has 2 aromatic rings. The number of aromatic nitrogens is 3. The van der Waals surface area contributed by atoms with Crippen LogP contribution in [0.15, 0.2) is 30.3 Å². The molecule has 0 bridgehead atoms. The number of fused-ring (bicyclic) bond motifs is 1. The smallest absolute Gasteiger partial charge is 0.244 e. The van der Waals surface area contributed by atoms with Gasteiger partial charge in [0, 0.05) is 26.2 Å². The van der Waals surface area contributed by atoms with Crippen LogP contribution in [0.5, 0.6) is 0 Å². The number of nitrogens with zero attached hydrogens (tertiary/aromatic N) is 5. The minimum Gasteiger partial charge on any atom is -0.342 e. The fraction of sp³-hybridized carbons (Fsp3) is 0.500. The molecule has 128 valence electrons. The number of likely N-dealkylation sites (N-methyl/N-ethyl adjacent to an activating group) is 1. The molecule has 0 spiro atoms. The number of hydrogen-bond acceptors (Lipinski definition) is 4. The summed E-state index contributed by atoms with van der Waals surface area (Å²) in [5.41, 5.74) is 1.04. The van der Waals surface area contributed by atoms with Crippen molar-refractivity contribution < 1.29 is 4.79 Å². The van der Waals surface area contributed by atoms with Gasteiger partial charge in [0.25, 0.3) is 0 Å². The number of carbonyl (C=O) groups excluding carboxylic acids is 1. The third-order valence-corrected chi connectivity index (χ3v) is 4.76. The quantitative estimate of drug-likeness (QED) is 0.843. The number of aryl methyl sites for hydroxylation is 1. The molecule has 1 aromatic carbocycles. The Morgan fingerprint density at radius 1 is 1.17 bits per heavy atom. The first-order valence-electron chi connectivity index (χ1n) is 8.62. The molecule has 0 saturated carbocycles. The molecule has 1 aliphatic rings. The lowest BCUT2D eigenvalue weighted by Crippen LogP contribution is -2.45. The molecule has 0 radical (unpaired) electrons. The molecule has 1 atom stereocenters. The number of carbonyl (C=O) groups is 1. The number of benzene rings is 1. The third kappa shape index (κ3) is 3.06. The van der Waals surface area contributed by atoms with Crippen LogP contribution in [0.4, 0.5) is 0 Å². The lowest BCUT2D eigenvalue weighted by Gasteiger charge is -2.36. The molecule has 1 aliphatic heterocycles. The molecule has 24 heavy (non-hydrogen) atoms. The number of hydrogen-bond donors (Lipinski definition) is 0. The maximum Gasteiger partial charge on any atom is 0.244 e. The highest BCUT2D eigenvalue weighted by Gasteiger charge is 2.33. The molecule has 0 unspecified atom stereocenters. The van der Waals surface area contributed by atoms with Gasteiger partial charge in [-0.3, -0.25) is 9.69 Å². The topological polar surface area (TPSA) is 54.3 Å². The van der Waals surface area contributed by atoms with E-state index in [0.717, 1.165) is 43.4 Å². The van der Waals surface area contributed by atoms with Gasteiger partial charge < -0.3 is 9.47 Å². The third-order valence-electron chi connectivity index (χ3n) is 4.76. The first-order chi connectivity index (χ1) is 11.7. The van der Waals surface area contributed by atoms with Crippen molar-refractivity contribution >= 4 is 5.91 Å². The second-order valence-electron chi connectivity index (χ2n) is 6.11. The second kappa shape index (κ2) is 7.13. The van der Waals surface area contributed by atoms with E-state index in [-0.39, 0.29) is 11.9 Å². The standard InChI is InChI=1S/C18H25N5O/c1-4-21(5-2)18(24)17(15-9-7-6-8-10-15)22-11-12-23-14(3)19-20-16(23)13-22/h6-10,17H,4-5,11-13H2,1-3H3/t17-/m1/s1. The minimum absolute atomic E-state index is 0.163. The van der Waals surface area contributed by atoms with Crippen LogP contribution in [0, 0.1) is 6.92 Å². The summed E-state index contributed by atoms with van der Waals surface area (Å²) in [6.07, 6.45) is 0. The van der Waals surface area contributed by atoms with Gasteiger partial charge in [0.1, 0.15) is 17.7 Å². The van der Waals surface area contributed by atoms with Crippen molar-refractivity contribution in [1.82, 2.24) is 24.6 Å². The lowest BCUT2D eigenvalue weighted by molar-refractivity contribution is -0.137. The molecular weight excluding hydrogens is 302 g/mol. The average molecular weight is 327 g/mol. The van der Waals surface area contributed by atoms with Gasteiger partial charge in [0.2, 0.25) is 5.91 Å². The van der Waals surface area contributed by atoms with Gasteiger partial charge in [-0.2, -0.15) is 0 Å². The zero-order valence-electron chi connectivity index (χ0n) is 14.6. The number of amides is 1. The van der Waals surface area contributed by atoms with E-state index in [1.165, 1.54) is 0 Å². The lowest BCUT2D eigenvalue weighted by atomic mass is 10.0.